The number of halogens is 2. The molecule has 0 aliphatic rings. The first-order valence-electron chi connectivity index (χ1n) is 6.32. The van der Waals surface area contributed by atoms with E-state index in [1.807, 2.05) is 6.92 Å². The first-order chi connectivity index (χ1) is 9.61. The van der Waals surface area contributed by atoms with E-state index in [0.717, 1.165) is 6.42 Å². The Bertz CT molecular complexity index is 592. The highest BCUT2D eigenvalue weighted by molar-refractivity contribution is 6.30. The smallest absolute Gasteiger partial charge is 0.141 e. The van der Waals surface area contributed by atoms with E-state index in [0.29, 0.717) is 23.5 Å². The van der Waals surface area contributed by atoms with Crippen molar-refractivity contribution in [2.75, 3.05) is 6.61 Å². The molecule has 1 N–H and O–H groups in total. The minimum atomic E-state index is -0.925. The van der Waals surface area contributed by atoms with Gasteiger partial charge >= 0.3 is 0 Å². The van der Waals surface area contributed by atoms with Crippen molar-refractivity contribution in [1.29, 1.82) is 0 Å². The van der Waals surface area contributed by atoms with Crippen LogP contribution in [0.3, 0.4) is 0 Å². The standard InChI is InChI=1S/C15H15ClFNO2/c1-2-5-20-12-6-11(8-18-9-12)15(19)10-3-4-14(17)13(16)7-10/h3-4,6-9,15,19H,2,5H2,1H3. The molecule has 3 nitrogen and oxygen atoms in total. The molecule has 1 unspecified atom stereocenters. The van der Waals surface area contributed by atoms with Gasteiger partial charge in [0.2, 0.25) is 0 Å². The lowest BCUT2D eigenvalue weighted by molar-refractivity contribution is 0.218. The topological polar surface area (TPSA) is 42.4 Å². The molecule has 1 aromatic heterocycles. The number of aromatic nitrogens is 1. The van der Waals surface area contributed by atoms with E-state index in [2.05, 4.69) is 4.98 Å². The molecule has 0 amide bonds. The molecule has 0 aliphatic carbocycles. The summed E-state index contributed by atoms with van der Waals surface area (Å²) < 4.78 is 18.6. The van der Waals surface area contributed by atoms with Crippen molar-refractivity contribution in [3.63, 3.8) is 0 Å². The summed E-state index contributed by atoms with van der Waals surface area (Å²) in [6.07, 6.45) is 3.09. The van der Waals surface area contributed by atoms with Gasteiger partial charge in [0.1, 0.15) is 17.7 Å². The van der Waals surface area contributed by atoms with Crippen molar-refractivity contribution in [3.05, 3.63) is 58.6 Å². The fraction of sp³-hybridized carbons (Fsp3) is 0.267. The lowest BCUT2D eigenvalue weighted by Crippen LogP contribution is -2.02. The predicted octanol–water partition coefficient (Wildman–Crippen LogP) is 3.74. The second-order valence-electron chi connectivity index (χ2n) is 4.38. The molecule has 5 heteroatoms. The third-order valence-electron chi connectivity index (χ3n) is 2.78. The largest absolute Gasteiger partial charge is 0.492 e. The number of rotatable bonds is 5. The van der Waals surface area contributed by atoms with E-state index >= 15 is 0 Å². The zero-order chi connectivity index (χ0) is 14.5. The van der Waals surface area contributed by atoms with E-state index < -0.39 is 11.9 Å². The van der Waals surface area contributed by atoms with Gasteiger partial charge < -0.3 is 9.84 Å². The Labute approximate surface area is 122 Å². The van der Waals surface area contributed by atoms with Crippen molar-refractivity contribution in [2.24, 2.45) is 0 Å². The average molecular weight is 296 g/mol. The zero-order valence-corrected chi connectivity index (χ0v) is 11.8. The van der Waals surface area contributed by atoms with Crippen LogP contribution in [0.25, 0.3) is 0 Å². The third-order valence-corrected chi connectivity index (χ3v) is 3.07. The second-order valence-corrected chi connectivity index (χ2v) is 4.79. The fourth-order valence-electron chi connectivity index (χ4n) is 1.76. The molecular formula is C15H15ClFNO2. The van der Waals surface area contributed by atoms with Crippen LogP contribution in [-0.2, 0) is 0 Å². The maximum atomic E-state index is 13.1. The van der Waals surface area contributed by atoms with Gasteiger partial charge in [0, 0.05) is 11.8 Å². The van der Waals surface area contributed by atoms with E-state index in [9.17, 15) is 9.50 Å². The van der Waals surface area contributed by atoms with Gasteiger partial charge in [-0.05, 0) is 30.2 Å². The Morgan fingerprint density at radius 3 is 2.80 bits per heavy atom. The molecule has 20 heavy (non-hydrogen) atoms. The number of hydrogen-bond acceptors (Lipinski definition) is 3. The van der Waals surface area contributed by atoms with Gasteiger partial charge in [-0.25, -0.2) is 4.39 Å². The Morgan fingerprint density at radius 1 is 1.30 bits per heavy atom. The summed E-state index contributed by atoms with van der Waals surface area (Å²) in [4.78, 5) is 4.03. The number of aliphatic hydroxyl groups excluding tert-OH is 1. The highest BCUT2D eigenvalue weighted by Gasteiger charge is 2.13. The van der Waals surface area contributed by atoms with Gasteiger partial charge in [-0.3, -0.25) is 4.98 Å². The van der Waals surface area contributed by atoms with Crippen molar-refractivity contribution in [2.45, 2.75) is 19.4 Å². The van der Waals surface area contributed by atoms with Crippen LogP contribution < -0.4 is 4.74 Å². The molecule has 2 rings (SSSR count). The molecule has 2 aromatic rings. The highest BCUT2D eigenvalue weighted by atomic mass is 35.5. The summed E-state index contributed by atoms with van der Waals surface area (Å²) in [6, 6.07) is 5.84. The maximum absolute atomic E-state index is 13.1. The highest BCUT2D eigenvalue weighted by Crippen LogP contribution is 2.27. The molecule has 0 spiro atoms. The Kier molecular flexibility index (Phi) is 4.93. The third kappa shape index (κ3) is 3.46. The summed E-state index contributed by atoms with van der Waals surface area (Å²) in [7, 11) is 0. The van der Waals surface area contributed by atoms with Crippen LogP contribution in [-0.4, -0.2) is 16.7 Å². The first-order valence-corrected chi connectivity index (χ1v) is 6.70. The van der Waals surface area contributed by atoms with Crippen LogP contribution in [0.4, 0.5) is 4.39 Å². The van der Waals surface area contributed by atoms with E-state index in [1.165, 1.54) is 18.2 Å². The quantitative estimate of drug-likeness (QED) is 0.913. The normalized spacial score (nSPS) is 12.2. The average Bonchev–Trinajstić information content (AvgIpc) is 2.47. The number of aliphatic hydroxyl groups is 1. The van der Waals surface area contributed by atoms with Crippen molar-refractivity contribution >= 4 is 11.6 Å². The number of ether oxygens (including phenoxy) is 1. The summed E-state index contributed by atoms with van der Waals surface area (Å²) in [5, 5.41) is 10.3. The lowest BCUT2D eigenvalue weighted by Gasteiger charge is -2.13. The zero-order valence-electron chi connectivity index (χ0n) is 11.0. The van der Waals surface area contributed by atoms with Gasteiger partial charge in [-0.15, -0.1) is 0 Å². The molecule has 0 aliphatic heterocycles. The van der Waals surface area contributed by atoms with E-state index in [1.54, 1.807) is 18.5 Å². The van der Waals surface area contributed by atoms with Crippen molar-refractivity contribution in [3.8, 4) is 5.75 Å². The second kappa shape index (κ2) is 6.68. The van der Waals surface area contributed by atoms with Crippen LogP contribution in [0.5, 0.6) is 5.75 Å². The maximum Gasteiger partial charge on any atom is 0.141 e. The molecule has 0 radical (unpaired) electrons. The summed E-state index contributed by atoms with van der Waals surface area (Å²) in [6.45, 7) is 2.59. The molecule has 1 heterocycles. The van der Waals surface area contributed by atoms with Crippen LogP contribution in [0.2, 0.25) is 5.02 Å². The van der Waals surface area contributed by atoms with Gasteiger partial charge in [-0.1, -0.05) is 24.6 Å². The van der Waals surface area contributed by atoms with Gasteiger partial charge in [0.05, 0.1) is 17.8 Å². The molecule has 0 fully saturated rings. The SMILES string of the molecule is CCCOc1cncc(C(O)c2ccc(F)c(Cl)c2)c1. The van der Waals surface area contributed by atoms with Crippen LogP contribution in [0.15, 0.2) is 36.7 Å². The number of benzene rings is 1. The molecular weight excluding hydrogens is 281 g/mol. The summed E-state index contributed by atoms with van der Waals surface area (Å²) in [5.41, 5.74) is 1.08. The van der Waals surface area contributed by atoms with Gasteiger partial charge in [0.25, 0.3) is 0 Å². The Morgan fingerprint density at radius 2 is 2.10 bits per heavy atom. The minimum Gasteiger partial charge on any atom is -0.492 e. The molecule has 106 valence electrons. The summed E-state index contributed by atoms with van der Waals surface area (Å²) in [5.74, 6) is 0.0809. The molecule has 0 saturated heterocycles. The Hall–Kier alpha value is -1.65. The lowest BCUT2D eigenvalue weighted by atomic mass is 10.0. The molecule has 1 atom stereocenters. The van der Waals surface area contributed by atoms with Crippen LogP contribution in [0, 0.1) is 5.82 Å². The van der Waals surface area contributed by atoms with Crippen molar-refractivity contribution in [1.82, 2.24) is 4.98 Å². The van der Waals surface area contributed by atoms with E-state index in [4.69, 9.17) is 16.3 Å². The number of pyridine rings is 1. The fourth-order valence-corrected chi connectivity index (χ4v) is 1.95. The summed E-state index contributed by atoms with van der Waals surface area (Å²) >= 11 is 5.72. The van der Waals surface area contributed by atoms with Crippen molar-refractivity contribution < 1.29 is 14.2 Å². The number of nitrogens with zero attached hydrogens (tertiary/aromatic N) is 1. The Balaban J connectivity index is 2.23. The predicted molar refractivity (Wildman–Crippen MR) is 75.5 cm³/mol. The number of hydrogen-bond donors (Lipinski definition) is 1. The monoisotopic (exact) mass is 295 g/mol. The molecule has 0 bridgehead atoms. The minimum absolute atomic E-state index is 0.0205. The van der Waals surface area contributed by atoms with E-state index in [-0.39, 0.29) is 5.02 Å². The van der Waals surface area contributed by atoms with Gasteiger partial charge in [-0.2, -0.15) is 0 Å². The van der Waals surface area contributed by atoms with Crippen LogP contribution >= 0.6 is 11.6 Å². The van der Waals surface area contributed by atoms with Gasteiger partial charge in [0.15, 0.2) is 0 Å². The molecule has 0 saturated carbocycles. The molecule has 1 aromatic carbocycles. The van der Waals surface area contributed by atoms with Crippen LogP contribution in [0.1, 0.15) is 30.6 Å². The first kappa shape index (κ1) is 14.8.